The first-order chi connectivity index (χ1) is 18.2. The molecule has 4 aromatic carbocycles. The minimum absolute atomic E-state index is 0.0668. The second-order valence-corrected chi connectivity index (χ2v) is 11.2. The van der Waals surface area contributed by atoms with Gasteiger partial charge in [-0.2, -0.15) is 0 Å². The SMILES string of the molecule is CC(=O)Nc1ccc(S(=O)(=O)N(CC(O)Cn2c3ccccc3c3ccccc32)c2cccc(C)c2)cc1. The Balaban J connectivity index is 1.50. The number of aromatic nitrogens is 1. The van der Waals surface area contributed by atoms with Crippen LogP contribution in [0.2, 0.25) is 0 Å². The maximum Gasteiger partial charge on any atom is 0.264 e. The van der Waals surface area contributed by atoms with Crippen LogP contribution in [0.25, 0.3) is 21.8 Å². The van der Waals surface area contributed by atoms with Crippen molar-refractivity contribution >= 4 is 49.1 Å². The van der Waals surface area contributed by atoms with Crippen molar-refractivity contribution in [2.45, 2.75) is 31.4 Å². The van der Waals surface area contributed by atoms with Crippen LogP contribution in [-0.4, -0.2) is 36.6 Å². The van der Waals surface area contributed by atoms with Crippen molar-refractivity contribution < 1.29 is 18.3 Å². The second kappa shape index (κ2) is 10.3. The third-order valence-electron chi connectivity index (χ3n) is 6.50. The van der Waals surface area contributed by atoms with Crippen LogP contribution in [0.3, 0.4) is 0 Å². The zero-order chi connectivity index (χ0) is 26.9. The number of aliphatic hydroxyl groups excluding tert-OH is 1. The van der Waals surface area contributed by atoms with Crippen molar-refractivity contribution in [1.82, 2.24) is 4.57 Å². The normalized spacial score (nSPS) is 12.5. The number of fused-ring (bicyclic) bond motifs is 3. The van der Waals surface area contributed by atoms with E-state index in [4.69, 9.17) is 0 Å². The van der Waals surface area contributed by atoms with Gasteiger partial charge in [0.05, 0.1) is 29.8 Å². The maximum absolute atomic E-state index is 13.9. The second-order valence-electron chi connectivity index (χ2n) is 9.38. The molecule has 0 aliphatic rings. The quantitative estimate of drug-likeness (QED) is 0.286. The Morgan fingerprint density at radius 1 is 0.895 bits per heavy atom. The molecular formula is C30H29N3O4S. The van der Waals surface area contributed by atoms with Crippen molar-refractivity contribution in [3.8, 4) is 0 Å². The molecule has 38 heavy (non-hydrogen) atoms. The lowest BCUT2D eigenvalue weighted by Crippen LogP contribution is -2.39. The number of sulfonamides is 1. The summed E-state index contributed by atoms with van der Waals surface area (Å²) in [6, 6.07) is 29.2. The zero-order valence-corrected chi connectivity index (χ0v) is 22.0. The number of amides is 1. The molecule has 0 fully saturated rings. The van der Waals surface area contributed by atoms with E-state index in [9.17, 15) is 18.3 Å². The van der Waals surface area contributed by atoms with Crippen LogP contribution in [-0.2, 0) is 21.4 Å². The summed E-state index contributed by atoms with van der Waals surface area (Å²) in [4.78, 5) is 11.4. The van der Waals surface area contributed by atoms with Crippen LogP contribution in [0.5, 0.6) is 0 Å². The number of aryl methyl sites for hydroxylation is 1. The van der Waals surface area contributed by atoms with Crippen LogP contribution >= 0.6 is 0 Å². The molecule has 5 aromatic rings. The molecule has 1 atom stereocenters. The number of carbonyl (C=O) groups is 1. The highest BCUT2D eigenvalue weighted by Gasteiger charge is 2.28. The summed E-state index contributed by atoms with van der Waals surface area (Å²) in [7, 11) is -4.02. The predicted octanol–water partition coefficient (Wildman–Crippen LogP) is 5.32. The van der Waals surface area contributed by atoms with Crippen molar-refractivity contribution in [3.05, 3.63) is 103 Å². The minimum Gasteiger partial charge on any atom is -0.389 e. The largest absolute Gasteiger partial charge is 0.389 e. The standard InChI is InChI=1S/C30H29N3O4S/c1-21-8-7-9-24(18-21)33(38(36,37)26-16-14-23(15-17-26)31-22(2)34)20-25(35)19-32-29-12-5-3-10-27(29)28-11-4-6-13-30(28)32/h3-18,25,35H,19-20H2,1-2H3,(H,31,34). The van der Waals surface area contributed by atoms with E-state index in [-0.39, 0.29) is 23.9 Å². The summed E-state index contributed by atoms with van der Waals surface area (Å²) in [6.45, 7) is 3.36. The van der Waals surface area contributed by atoms with Crippen LogP contribution in [0.15, 0.2) is 102 Å². The molecule has 194 valence electrons. The van der Waals surface area contributed by atoms with E-state index in [0.717, 1.165) is 27.4 Å². The van der Waals surface area contributed by atoms with Crippen molar-refractivity contribution in [3.63, 3.8) is 0 Å². The number of anilines is 2. The van der Waals surface area contributed by atoms with Gasteiger partial charge in [-0.1, -0.05) is 48.5 Å². The molecule has 1 heterocycles. The van der Waals surface area contributed by atoms with Crippen LogP contribution in [0.1, 0.15) is 12.5 Å². The lowest BCUT2D eigenvalue weighted by atomic mass is 10.2. The Morgan fingerprint density at radius 2 is 1.50 bits per heavy atom. The molecule has 1 amide bonds. The summed E-state index contributed by atoms with van der Waals surface area (Å²) >= 11 is 0. The van der Waals surface area contributed by atoms with E-state index < -0.39 is 16.1 Å². The van der Waals surface area contributed by atoms with Gasteiger partial charge in [0.2, 0.25) is 5.91 Å². The van der Waals surface area contributed by atoms with E-state index >= 15 is 0 Å². The molecule has 1 aromatic heterocycles. The van der Waals surface area contributed by atoms with E-state index in [1.54, 1.807) is 30.3 Å². The van der Waals surface area contributed by atoms with Gasteiger partial charge >= 0.3 is 0 Å². The van der Waals surface area contributed by atoms with Gasteiger partial charge in [0.1, 0.15) is 0 Å². The fourth-order valence-corrected chi connectivity index (χ4v) is 6.32. The monoisotopic (exact) mass is 527 g/mol. The number of nitrogens with zero attached hydrogens (tertiary/aromatic N) is 2. The van der Waals surface area contributed by atoms with Crippen LogP contribution < -0.4 is 9.62 Å². The first kappa shape index (κ1) is 25.5. The minimum atomic E-state index is -4.02. The molecule has 1 unspecified atom stereocenters. The Bertz CT molecular complexity index is 1670. The molecule has 0 aliphatic carbocycles. The summed E-state index contributed by atoms with van der Waals surface area (Å²) in [5, 5.41) is 16.1. The number of benzene rings is 4. The molecule has 0 bridgehead atoms. The fraction of sp³-hybridized carbons (Fsp3) is 0.167. The van der Waals surface area contributed by atoms with E-state index in [1.807, 2.05) is 54.0 Å². The number of rotatable bonds is 8. The number of hydrogen-bond acceptors (Lipinski definition) is 4. The van der Waals surface area contributed by atoms with Crippen molar-refractivity contribution in [2.24, 2.45) is 0 Å². The molecule has 0 aliphatic heterocycles. The lowest BCUT2D eigenvalue weighted by molar-refractivity contribution is -0.114. The number of carbonyl (C=O) groups excluding carboxylic acids is 1. The van der Waals surface area contributed by atoms with E-state index in [1.165, 1.54) is 23.4 Å². The summed E-state index contributed by atoms with van der Waals surface area (Å²) in [6.07, 6.45) is -0.997. The predicted molar refractivity (Wildman–Crippen MR) is 152 cm³/mol. The number of hydrogen-bond donors (Lipinski definition) is 2. The average molecular weight is 528 g/mol. The highest BCUT2D eigenvalue weighted by molar-refractivity contribution is 7.92. The fourth-order valence-electron chi connectivity index (χ4n) is 4.83. The molecule has 8 heteroatoms. The Morgan fingerprint density at radius 3 is 2.08 bits per heavy atom. The van der Waals surface area contributed by atoms with Gasteiger partial charge in [0.15, 0.2) is 0 Å². The first-order valence-corrected chi connectivity index (χ1v) is 13.8. The number of para-hydroxylation sites is 2. The third kappa shape index (κ3) is 5.01. The molecular weight excluding hydrogens is 498 g/mol. The maximum atomic E-state index is 13.9. The Hall–Kier alpha value is -4.14. The Labute approximate surface area is 222 Å². The van der Waals surface area contributed by atoms with Gasteiger partial charge in [-0.05, 0) is 61.0 Å². The van der Waals surface area contributed by atoms with Crippen LogP contribution in [0.4, 0.5) is 11.4 Å². The van der Waals surface area contributed by atoms with Gasteiger partial charge in [-0.25, -0.2) is 8.42 Å². The highest BCUT2D eigenvalue weighted by atomic mass is 32.2. The summed E-state index contributed by atoms with van der Waals surface area (Å²) in [5.74, 6) is -0.241. The third-order valence-corrected chi connectivity index (χ3v) is 8.31. The van der Waals surface area contributed by atoms with Crippen LogP contribution in [0, 0.1) is 6.92 Å². The molecule has 0 saturated heterocycles. The summed E-state index contributed by atoms with van der Waals surface area (Å²) in [5.41, 5.74) is 3.83. The Kier molecular flexibility index (Phi) is 6.93. The van der Waals surface area contributed by atoms with E-state index in [2.05, 4.69) is 17.4 Å². The zero-order valence-electron chi connectivity index (χ0n) is 21.2. The van der Waals surface area contributed by atoms with Crippen molar-refractivity contribution in [1.29, 1.82) is 0 Å². The molecule has 0 radical (unpaired) electrons. The molecule has 2 N–H and O–H groups in total. The first-order valence-electron chi connectivity index (χ1n) is 12.3. The lowest BCUT2D eigenvalue weighted by Gasteiger charge is -2.28. The number of nitrogens with one attached hydrogen (secondary N) is 1. The van der Waals surface area contributed by atoms with E-state index in [0.29, 0.717) is 11.4 Å². The smallest absolute Gasteiger partial charge is 0.264 e. The molecule has 0 saturated carbocycles. The topological polar surface area (TPSA) is 91.6 Å². The average Bonchev–Trinajstić information content (AvgIpc) is 3.21. The summed E-state index contributed by atoms with van der Waals surface area (Å²) < 4.78 is 31.0. The molecule has 7 nitrogen and oxygen atoms in total. The van der Waals surface area contributed by atoms with Crippen molar-refractivity contribution in [2.75, 3.05) is 16.2 Å². The van der Waals surface area contributed by atoms with Gasteiger partial charge in [0.25, 0.3) is 10.0 Å². The molecule has 0 spiro atoms. The highest BCUT2D eigenvalue weighted by Crippen LogP contribution is 2.30. The van der Waals surface area contributed by atoms with Gasteiger partial charge < -0.3 is 15.0 Å². The van der Waals surface area contributed by atoms with Gasteiger partial charge in [-0.15, -0.1) is 0 Å². The molecule has 5 rings (SSSR count). The van der Waals surface area contributed by atoms with Gasteiger partial charge in [0, 0.05) is 34.4 Å². The number of aliphatic hydroxyl groups is 1. The van der Waals surface area contributed by atoms with Gasteiger partial charge in [-0.3, -0.25) is 9.10 Å².